The van der Waals surface area contributed by atoms with E-state index < -0.39 is 0 Å². The standard InChI is InChI=1S/C24H33FN4O2/c1-14-8-9-21(25)20-11-22(27-23(14)20)24(31)26-18-6-5-7-19(10-18)28-12-15(2)29(17(4)30)16(3)13-28/h8-9,11,15-16,18-19,27H,5-7,10,12-13H2,1-4H3,(H,26,31)/t15-,16+,18-,19-/m1/s1. The molecule has 31 heavy (non-hydrogen) atoms. The predicted octanol–water partition coefficient (Wildman–Crippen LogP) is 3.60. The smallest absolute Gasteiger partial charge is 0.267 e. The SMILES string of the molecule is CC(=O)N1[C@H](C)CN([C@@H]2CCC[C@@H](NC(=O)c3cc4c(F)ccc(C)c4[nH]3)C2)C[C@@H]1C. The minimum absolute atomic E-state index is 0.0973. The molecule has 0 unspecified atom stereocenters. The normalized spacial score (nSPS) is 27.5. The van der Waals surface area contributed by atoms with Crippen LogP contribution in [0.1, 0.15) is 62.5 Å². The molecule has 6 nitrogen and oxygen atoms in total. The lowest BCUT2D eigenvalue weighted by atomic mass is 9.88. The summed E-state index contributed by atoms with van der Waals surface area (Å²) < 4.78 is 14.1. The third kappa shape index (κ3) is 4.33. The van der Waals surface area contributed by atoms with Crippen LogP contribution in [-0.4, -0.2) is 63.9 Å². The van der Waals surface area contributed by atoms with Gasteiger partial charge in [-0.3, -0.25) is 14.5 Å². The van der Waals surface area contributed by atoms with E-state index in [0.29, 0.717) is 22.6 Å². The molecule has 168 valence electrons. The predicted molar refractivity (Wildman–Crippen MR) is 120 cm³/mol. The first-order valence-electron chi connectivity index (χ1n) is 11.4. The molecule has 1 aromatic heterocycles. The molecule has 4 atom stereocenters. The molecule has 0 bridgehead atoms. The molecule has 2 heterocycles. The third-order valence-corrected chi connectivity index (χ3v) is 7.00. The maximum absolute atomic E-state index is 14.1. The van der Waals surface area contributed by atoms with Gasteiger partial charge >= 0.3 is 0 Å². The van der Waals surface area contributed by atoms with Crippen LogP contribution in [0.3, 0.4) is 0 Å². The summed E-state index contributed by atoms with van der Waals surface area (Å²) in [7, 11) is 0. The Morgan fingerprint density at radius 1 is 1.16 bits per heavy atom. The number of hydrogen-bond acceptors (Lipinski definition) is 3. The van der Waals surface area contributed by atoms with Crippen molar-refractivity contribution >= 4 is 22.7 Å². The lowest BCUT2D eigenvalue weighted by Crippen LogP contribution is -2.61. The highest BCUT2D eigenvalue weighted by Crippen LogP contribution is 2.28. The van der Waals surface area contributed by atoms with Gasteiger partial charge in [-0.05, 0) is 64.2 Å². The van der Waals surface area contributed by atoms with Gasteiger partial charge in [0, 0.05) is 49.6 Å². The van der Waals surface area contributed by atoms with Crippen molar-refractivity contribution in [1.29, 1.82) is 0 Å². The molecule has 1 saturated carbocycles. The molecule has 1 aromatic carbocycles. The van der Waals surface area contributed by atoms with Gasteiger partial charge in [0.1, 0.15) is 11.5 Å². The van der Waals surface area contributed by atoms with Crippen LogP contribution in [0.4, 0.5) is 4.39 Å². The van der Waals surface area contributed by atoms with Gasteiger partial charge in [-0.25, -0.2) is 4.39 Å². The van der Waals surface area contributed by atoms with Crippen molar-refractivity contribution < 1.29 is 14.0 Å². The summed E-state index contributed by atoms with van der Waals surface area (Å²) in [4.78, 5) is 32.4. The van der Waals surface area contributed by atoms with Crippen molar-refractivity contribution in [3.8, 4) is 0 Å². The second kappa shape index (κ2) is 8.61. The minimum Gasteiger partial charge on any atom is -0.350 e. The number of nitrogens with zero attached hydrogens (tertiary/aromatic N) is 2. The quantitative estimate of drug-likeness (QED) is 0.785. The minimum atomic E-state index is -0.318. The Hall–Kier alpha value is -2.41. The Balaban J connectivity index is 1.41. The van der Waals surface area contributed by atoms with E-state index >= 15 is 0 Å². The van der Waals surface area contributed by atoms with E-state index in [1.165, 1.54) is 6.07 Å². The van der Waals surface area contributed by atoms with Gasteiger partial charge in [-0.1, -0.05) is 6.07 Å². The van der Waals surface area contributed by atoms with Crippen LogP contribution in [0.25, 0.3) is 10.9 Å². The number of benzene rings is 1. The average molecular weight is 429 g/mol. The zero-order valence-corrected chi connectivity index (χ0v) is 18.9. The van der Waals surface area contributed by atoms with E-state index in [-0.39, 0.29) is 35.8 Å². The number of aromatic amines is 1. The van der Waals surface area contributed by atoms with E-state index in [9.17, 15) is 14.0 Å². The molecular formula is C24H33FN4O2. The fourth-order valence-electron chi connectivity index (χ4n) is 5.62. The number of piperazine rings is 1. The Labute approximate surface area is 183 Å². The summed E-state index contributed by atoms with van der Waals surface area (Å²) in [5, 5.41) is 3.63. The van der Waals surface area contributed by atoms with Gasteiger partial charge in [0.2, 0.25) is 5.91 Å². The number of H-pyrrole nitrogens is 1. The molecule has 0 radical (unpaired) electrons. The number of carbonyl (C=O) groups excluding carboxylic acids is 2. The van der Waals surface area contributed by atoms with E-state index in [0.717, 1.165) is 44.3 Å². The molecule has 7 heteroatoms. The van der Waals surface area contributed by atoms with Crippen LogP contribution in [0.2, 0.25) is 0 Å². The zero-order chi connectivity index (χ0) is 22.3. The molecule has 1 aliphatic carbocycles. The first-order chi connectivity index (χ1) is 14.7. The third-order valence-electron chi connectivity index (χ3n) is 7.00. The highest BCUT2D eigenvalue weighted by atomic mass is 19.1. The van der Waals surface area contributed by atoms with Gasteiger partial charge in [0.15, 0.2) is 0 Å². The summed E-state index contributed by atoms with van der Waals surface area (Å²) >= 11 is 0. The highest BCUT2D eigenvalue weighted by Gasteiger charge is 2.36. The van der Waals surface area contributed by atoms with Crippen molar-refractivity contribution in [2.24, 2.45) is 0 Å². The molecule has 2 aromatic rings. The second-order valence-electron chi connectivity index (χ2n) is 9.41. The number of fused-ring (bicyclic) bond motifs is 1. The monoisotopic (exact) mass is 428 g/mol. The molecule has 1 aliphatic heterocycles. The fraction of sp³-hybridized carbons (Fsp3) is 0.583. The maximum Gasteiger partial charge on any atom is 0.267 e. The van der Waals surface area contributed by atoms with Crippen LogP contribution < -0.4 is 5.32 Å². The molecule has 1 saturated heterocycles. The average Bonchev–Trinajstić information content (AvgIpc) is 3.17. The number of hydrogen-bond donors (Lipinski definition) is 2. The molecule has 2 N–H and O–H groups in total. The molecule has 2 amide bonds. The number of aryl methyl sites for hydroxylation is 1. The maximum atomic E-state index is 14.1. The Morgan fingerprint density at radius 2 is 1.87 bits per heavy atom. The fourth-order valence-corrected chi connectivity index (χ4v) is 5.62. The molecule has 2 aliphatic rings. The van der Waals surface area contributed by atoms with Crippen molar-refractivity contribution in [2.75, 3.05) is 13.1 Å². The Kier molecular flexibility index (Phi) is 6.06. The Morgan fingerprint density at radius 3 is 2.52 bits per heavy atom. The first-order valence-corrected chi connectivity index (χ1v) is 11.4. The molecule has 4 rings (SSSR count). The van der Waals surface area contributed by atoms with Crippen LogP contribution in [-0.2, 0) is 4.79 Å². The molecule has 2 fully saturated rings. The van der Waals surface area contributed by atoms with E-state index in [1.807, 2.05) is 11.8 Å². The van der Waals surface area contributed by atoms with Gasteiger partial charge in [-0.15, -0.1) is 0 Å². The van der Waals surface area contributed by atoms with Crippen molar-refractivity contribution in [3.63, 3.8) is 0 Å². The number of aromatic nitrogens is 1. The van der Waals surface area contributed by atoms with Gasteiger partial charge in [-0.2, -0.15) is 0 Å². The largest absolute Gasteiger partial charge is 0.350 e. The van der Waals surface area contributed by atoms with Crippen LogP contribution in [0.15, 0.2) is 18.2 Å². The zero-order valence-electron chi connectivity index (χ0n) is 18.9. The number of amides is 2. The summed E-state index contributed by atoms with van der Waals surface area (Å²) in [5.74, 6) is -0.358. The second-order valence-corrected chi connectivity index (χ2v) is 9.41. The number of rotatable bonds is 3. The summed E-state index contributed by atoms with van der Waals surface area (Å²) in [6.45, 7) is 9.52. The van der Waals surface area contributed by atoms with Gasteiger partial charge in [0.05, 0.1) is 5.52 Å². The van der Waals surface area contributed by atoms with E-state index in [2.05, 4.69) is 29.0 Å². The molecule has 0 spiro atoms. The van der Waals surface area contributed by atoms with Crippen molar-refractivity contribution in [2.45, 2.75) is 77.5 Å². The summed E-state index contributed by atoms with van der Waals surface area (Å²) in [6, 6.07) is 5.65. The summed E-state index contributed by atoms with van der Waals surface area (Å²) in [6.07, 6.45) is 4.03. The van der Waals surface area contributed by atoms with Gasteiger partial charge < -0.3 is 15.2 Å². The van der Waals surface area contributed by atoms with Crippen molar-refractivity contribution in [3.05, 3.63) is 35.3 Å². The summed E-state index contributed by atoms with van der Waals surface area (Å²) in [5.41, 5.74) is 2.00. The van der Waals surface area contributed by atoms with E-state index in [4.69, 9.17) is 0 Å². The van der Waals surface area contributed by atoms with Crippen molar-refractivity contribution in [1.82, 2.24) is 20.1 Å². The Bertz CT molecular complexity index is 936. The topological polar surface area (TPSA) is 68.4 Å². The highest BCUT2D eigenvalue weighted by molar-refractivity contribution is 5.99. The lowest BCUT2D eigenvalue weighted by Gasteiger charge is -2.48. The number of nitrogens with one attached hydrogen (secondary N) is 2. The van der Waals surface area contributed by atoms with E-state index in [1.54, 1.807) is 19.1 Å². The van der Waals surface area contributed by atoms with Crippen LogP contribution in [0.5, 0.6) is 0 Å². The number of halogens is 1. The van der Waals surface area contributed by atoms with Crippen LogP contribution in [0, 0.1) is 12.7 Å². The van der Waals surface area contributed by atoms with Crippen LogP contribution >= 0.6 is 0 Å². The first kappa shape index (κ1) is 21.8. The van der Waals surface area contributed by atoms with Gasteiger partial charge in [0.25, 0.3) is 5.91 Å². The lowest BCUT2D eigenvalue weighted by molar-refractivity contribution is -0.137. The molecular weight excluding hydrogens is 395 g/mol. The number of carbonyl (C=O) groups is 2.